The molecule has 19 heteroatoms. The topological polar surface area (TPSA) is 178 Å². The molecule has 302 valence electrons. The summed E-state index contributed by atoms with van der Waals surface area (Å²) in [6.07, 6.45) is 10.9. The van der Waals surface area contributed by atoms with Crippen molar-refractivity contribution in [3.8, 4) is 45.3 Å². The van der Waals surface area contributed by atoms with Crippen molar-refractivity contribution >= 4 is 27.1 Å². The molecule has 8 rings (SSSR count). The third kappa shape index (κ3) is 8.60. The van der Waals surface area contributed by atoms with E-state index < -0.39 is 38.7 Å². The lowest BCUT2D eigenvalue weighted by atomic mass is 10.1. The molecule has 0 saturated carbocycles. The first kappa shape index (κ1) is 40.5. The summed E-state index contributed by atoms with van der Waals surface area (Å²) in [6, 6.07) is 9.75. The summed E-state index contributed by atoms with van der Waals surface area (Å²) in [5.74, 6) is -2.52. The fraction of sp³-hybridized carbons (Fsp3) is 0.200. The fourth-order valence-electron chi connectivity index (χ4n) is 6.14. The summed E-state index contributed by atoms with van der Waals surface area (Å²) in [5, 5.41) is 12.6. The molecule has 6 aromatic heterocycles. The third-order valence-electron chi connectivity index (χ3n) is 8.94. The van der Waals surface area contributed by atoms with Gasteiger partial charge in [-0.15, -0.1) is 0 Å². The van der Waals surface area contributed by atoms with E-state index >= 15 is 0 Å². The van der Waals surface area contributed by atoms with Crippen molar-refractivity contribution in [1.29, 1.82) is 0 Å². The number of benzene rings is 2. The quantitative estimate of drug-likeness (QED) is 0.114. The molecular weight excluding hydrogens is 791 g/mol. The van der Waals surface area contributed by atoms with Gasteiger partial charge in [-0.1, -0.05) is 0 Å². The van der Waals surface area contributed by atoms with Gasteiger partial charge >= 0.3 is 0 Å². The molecular formula is C40H35F4N11O3S. The SMILES string of the molecule is Cc1nccn2c(-c3ccnc(NCCC(C)(C)O)n3)c(-c3ccc(F)cc3F)nc12.Cc1nccn2c(-c3ccnc(S(C)(=O)=O)n3)c(-c3ccc(F)cc3F)nc12. The van der Waals surface area contributed by atoms with Gasteiger partial charge in [-0.2, -0.15) is 0 Å². The van der Waals surface area contributed by atoms with Crippen LogP contribution >= 0.6 is 0 Å². The molecule has 0 bridgehead atoms. The number of hydrogen-bond donors (Lipinski definition) is 2. The molecule has 0 aliphatic rings. The number of nitrogens with one attached hydrogen (secondary N) is 1. The van der Waals surface area contributed by atoms with E-state index in [2.05, 4.69) is 45.2 Å². The van der Waals surface area contributed by atoms with Crippen LogP contribution in [0.15, 0.2) is 90.9 Å². The second-order valence-electron chi connectivity index (χ2n) is 14.0. The second-order valence-corrected chi connectivity index (χ2v) is 15.9. The van der Waals surface area contributed by atoms with Gasteiger partial charge < -0.3 is 10.4 Å². The number of imidazole rings is 2. The standard InChI is InChI=1S/C22H22F2N6O.C18H13F2N5O2S/c1-13-20-29-18(15-5-4-14(23)12-16(15)24)19(30(20)11-10-25-13)17-6-8-26-21(28-17)27-9-7-22(2,3)31;1-10-17-24-15(12-4-3-11(19)9-13(12)20)16(25(17)8-7-21-10)14-5-6-22-18(23-14)28(2,26)27/h4-6,8,10-12,31H,7,9H2,1-3H3,(H,26,27,28);3-9H,1-2H3. The van der Waals surface area contributed by atoms with Crippen molar-refractivity contribution in [2.45, 2.75) is 44.9 Å². The Balaban J connectivity index is 0.000000180. The zero-order chi connectivity index (χ0) is 42.2. The van der Waals surface area contributed by atoms with E-state index in [-0.39, 0.29) is 27.7 Å². The number of anilines is 1. The monoisotopic (exact) mass is 825 g/mol. The van der Waals surface area contributed by atoms with Crippen LogP contribution in [-0.4, -0.2) is 80.6 Å². The second kappa shape index (κ2) is 15.9. The Hall–Kier alpha value is -6.73. The van der Waals surface area contributed by atoms with Crippen LogP contribution in [-0.2, 0) is 9.84 Å². The normalized spacial score (nSPS) is 11.8. The predicted molar refractivity (Wildman–Crippen MR) is 211 cm³/mol. The van der Waals surface area contributed by atoms with E-state index in [1.807, 2.05) is 0 Å². The van der Waals surface area contributed by atoms with E-state index in [0.717, 1.165) is 24.5 Å². The molecule has 0 aliphatic heterocycles. The maximum absolute atomic E-state index is 14.6. The number of hydrogen-bond acceptors (Lipinski definition) is 12. The summed E-state index contributed by atoms with van der Waals surface area (Å²) in [7, 11) is -3.66. The van der Waals surface area contributed by atoms with Crippen molar-refractivity contribution in [1.82, 2.24) is 48.7 Å². The van der Waals surface area contributed by atoms with Crippen LogP contribution < -0.4 is 5.32 Å². The van der Waals surface area contributed by atoms with E-state index in [1.165, 1.54) is 36.7 Å². The maximum Gasteiger partial charge on any atom is 0.247 e. The molecule has 2 N–H and O–H groups in total. The summed E-state index contributed by atoms with van der Waals surface area (Å²) in [5.41, 5.74) is 3.77. The van der Waals surface area contributed by atoms with Crippen LogP contribution in [0, 0.1) is 37.1 Å². The Labute approximate surface area is 334 Å². The number of fused-ring (bicyclic) bond motifs is 2. The average Bonchev–Trinajstić information content (AvgIpc) is 3.75. The van der Waals surface area contributed by atoms with Gasteiger partial charge in [0.1, 0.15) is 34.7 Å². The Morgan fingerprint density at radius 3 is 1.64 bits per heavy atom. The first-order chi connectivity index (χ1) is 28.0. The van der Waals surface area contributed by atoms with Crippen molar-refractivity contribution < 1.29 is 31.1 Å². The van der Waals surface area contributed by atoms with E-state index in [0.29, 0.717) is 64.4 Å². The van der Waals surface area contributed by atoms with Gasteiger partial charge in [-0.25, -0.2) is 55.9 Å². The van der Waals surface area contributed by atoms with Crippen molar-refractivity contribution in [3.05, 3.63) is 120 Å². The molecule has 0 amide bonds. The Morgan fingerprint density at radius 1 is 0.678 bits per heavy atom. The van der Waals surface area contributed by atoms with Crippen LogP contribution in [0.1, 0.15) is 31.7 Å². The molecule has 2 aromatic carbocycles. The fourth-order valence-corrected chi connectivity index (χ4v) is 6.66. The highest BCUT2D eigenvalue weighted by Gasteiger charge is 2.24. The molecule has 0 atom stereocenters. The van der Waals surface area contributed by atoms with Crippen LogP contribution in [0.3, 0.4) is 0 Å². The minimum atomic E-state index is -3.66. The summed E-state index contributed by atoms with van der Waals surface area (Å²) >= 11 is 0. The largest absolute Gasteiger partial charge is 0.390 e. The van der Waals surface area contributed by atoms with Crippen LogP contribution in [0.4, 0.5) is 23.5 Å². The highest BCUT2D eigenvalue weighted by atomic mass is 32.2. The highest BCUT2D eigenvalue weighted by Crippen LogP contribution is 2.36. The Morgan fingerprint density at radius 2 is 1.17 bits per heavy atom. The molecule has 0 saturated heterocycles. The number of aromatic nitrogens is 10. The lowest BCUT2D eigenvalue weighted by Gasteiger charge is -2.17. The van der Waals surface area contributed by atoms with Gasteiger partial charge in [0.15, 0.2) is 11.3 Å². The van der Waals surface area contributed by atoms with E-state index in [4.69, 9.17) is 0 Å². The van der Waals surface area contributed by atoms with Gasteiger partial charge in [-0.3, -0.25) is 18.8 Å². The van der Waals surface area contributed by atoms with Gasteiger partial charge in [-0.05, 0) is 70.5 Å². The Bertz CT molecular complexity index is 2990. The van der Waals surface area contributed by atoms with Crippen LogP contribution in [0.2, 0.25) is 0 Å². The zero-order valence-electron chi connectivity index (χ0n) is 32.2. The minimum Gasteiger partial charge on any atom is -0.390 e. The van der Waals surface area contributed by atoms with Crippen molar-refractivity contribution in [2.24, 2.45) is 0 Å². The number of aliphatic hydroxyl groups is 1. The molecule has 14 nitrogen and oxygen atoms in total. The van der Waals surface area contributed by atoms with Crippen molar-refractivity contribution in [2.75, 3.05) is 18.1 Å². The van der Waals surface area contributed by atoms with Gasteiger partial charge in [0.05, 0.1) is 39.8 Å². The van der Waals surface area contributed by atoms with Gasteiger partial charge in [0.2, 0.25) is 20.9 Å². The molecule has 0 fully saturated rings. The average molecular weight is 826 g/mol. The smallest absolute Gasteiger partial charge is 0.247 e. The summed E-state index contributed by atoms with van der Waals surface area (Å²) in [4.78, 5) is 34.2. The van der Waals surface area contributed by atoms with Crippen molar-refractivity contribution in [3.63, 3.8) is 0 Å². The summed E-state index contributed by atoms with van der Waals surface area (Å²) in [6.45, 7) is 7.47. The Kier molecular flexibility index (Phi) is 10.9. The molecule has 0 unspecified atom stereocenters. The molecule has 0 spiro atoms. The zero-order valence-corrected chi connectivity index (χ0v) is 33.0. The first-order valence-electron chi connectivity index (χ1n) is 17.9. The van der Waals surface area contributed by atoms with E-state index in [9.17, 15) is 31.1 Å². The highest BCUT2D eigenvalue weighted by molar-refractivity contribution is 7.90. The first-order valence-corrected chi connectivity index (χ1v) is 19.8. The number of aryl methyl sites for hydroxylation is 2. The van der Waals surface area contributed by atoms with Gasteiger partial charge in [0.25, 0.3) is 0 Å². The predicted octanol–water partition coefficient (Wildman–Crippen LogP) is 6.86. The molecule has 8 aromatic rings. The lowest BCUT2D eigenvalue weighted by Crippen LogP contribution is -2.23. The number of nitrogens with zero attached hydrogens (tertiary/aromatic N) is 10. The van der Waals surface area contributed by atoms with Crippen LogP contribution in [0.5, 0.6) is 0 Å². The molecule has 6 heterocycles. The third-order valence-corrected chi connectivity index (χ3v) is 9.80. The maximum atomic E-state index is 14.6. The molecule has 59 heavy (non-hydrogen) atoms. The lowest BCUT2D eigenvalue weighted by molar-refractivity contribution is 0.0748. The molecule has 0 aliphatic carbocycles. The minimum absolute atomic E-state index is 0.0546. The number of halogens is 4. The van der Waals surface area contributed by atoms with Crippen LogP contribution in [0.25, 0.3) is 56.6 Å². The summed E-state index contributed by atoms with van der Waals surface area (Å²) < 4.78 is 83.1. The number of sulfone groups is 1. The molecule has 0 radical (unpaired) electrons. The van der Waals surface area contributed by atoms with E-state index in [1.54, 1.807) is 67.4 Å². The van der Waals surface area contributed by atoms with Gasteiger partial charge in [0, 0.05) is 73.2 Å². The number of rotatable bonds is 9.